The van der Waals surface area contributed by atoms with Gasteiger partial charge in [0, 0.05) is 5.92 Å². The van der Waals surface area contributed by atoms with Crippen LogP contribution in [-0.4, -0.2) is 25.8 Å². The summed E-state index contributed by atoms with van der Waals surface area (Å²) < 4.78 is 0. The summed E-state index contributed by atoms with van der Waals surface area (Å²) in [6, 6.07) is 0. The van der Waals surface area contributed by atoms with E-state index in [0.29, 0.717) is 17.1 Å². The van der Waals surface area contributed by atoms with Crippen LogP contribution in [0.2, 0.25) is 5.15 Å². The van der Waals surface area contributed by atoms with E-state index in [0.717, 1.165) is 6.42 Å². The fourth-order valence-electron chi connectivity index (χ4n) is 1.74. The predicted molar refractivity (Wildman–Crippen MR) is 62.6 cm³/mol. The monoisotopic (exact) mass is 251 g/mol. The van der Waals surface area contributed by atoms with E-state index in [1.807, 2.05) is 6.92 Å². The molecule has 0 saturated heterocycles. The molecule has 2 aromatic heterocycles. The maximum Gasteiger partial charge on any atom is 0.233 e. The van der Waals surface area contributed by atoms with E-state index in [4.69, 9.17) is 11.6 Å². The van der Waals surface area contributed by atoms with Gasteiger partial charge in [-0.15, -0.1) is 0 Å². The Labute approximate surface area is 102 Å². The van der Waals surface area contributed by atoms with Gasteiger partial charge in [-0.2, -0.15) is 9.97 Å². The van der Waals surface area contributed by atoms with E-state index in [2.05, 4.69) is 25.3 Å². The Bertz CT molecular complexity index is 595. The number of aromatic nitrogens is 4. The molecule has 0 radical (unpaired) electrons. The number of hydrogen-bond acceptors (Lipinski definition) is 4. The fourth-order valence-corrected chi connectivity index (χ4v) is 1.96. The summed E-state index contributed by atoms with van der Waals surface area (Å²) in [5, 5.41) is 2.91. The van der Waals surface area contributed by atoms with Crippen molar-refractivity contribution < 1.29 is 4.79 Å². The van der Waals surface area contributed by atoms with Crippen molar-refractivity contribution in [1.82, 2.24) is 19.9 Å². The standard InChI is InChI=1S/C10H10ClN5O/c1-4-2-5(4)9(17)16-10-14-7(11)6-8(15-10)13-3-12-6/h3-5H,2H2,1H3,(H2,12,13,14,15,16,17). The van der Waals surface area contributed by atoms with Gasteiger partial charge in [-0.3, -0.25) is 10.1 Å². The number of carbonyl (C=O) groups excluding carboxylic acids is 1. The van der Waals surface area contributed by atoms with Crippen LogP contribution in [0.25, 0.3) is 11.2 Å². The van der Waals surface area contributed by atoms with Crippen LogP contribution in [0, 0.1) is 11.8 Å². The number of aromatic amines is 1. The molecule has 2 aromatic rings. The summed E-state index contributed by atoms with van der Waals surface area (Å²) in [5.41, 5.74) is 1.02. The summed E-state index contributed by atoms with van der Waals surface area (Å²) >= 11 is 5.94. The van der Waals surface area contributed by atoms with Gasteiger partial charge in [0.1, 0.15) is 5.52 Å². The first-order valence-corrected chi connectivity index (χ1v) is 5.70. The molecule has 3 rings (SSSR count). The quantitative estimate of drug-likeness (QED) is 0.794. The van der Waals surface area contributed by atoms with Crippen LogP contribution >= 0.6 is 11.6 Å². The Kier molecular flexibility index (Phi) is 2.25. The van der Waals surface area contributed by atoms with E-state index in [-0.39, 0.29) is 22.9 Å². The topological polar surface area (TPSA) is 83.6 Å². The van der Waals surface area contributed by atoms with Gasteiger partial charge in [0.25, 0.3) is 0 Å². The molecule has 7 heteroatoms. The van der Waals surface area contributed by atoms with Gasteiger partial charge in [-0.05, 0) is 12.3 Å². The molecule has 17 heavy (non-hydrogen) atoms. The Hall–Kier alpha value is -1.69. The molecule has 1 fully saturated rings. The number of carbonyl (C=O) groups is 1. The molecule has 2 unspecified atom stereocenters. The largest absolute Gasteiger partial charge is 0.341 e. The zero-order valence-corrected chi connectivity index (χ0v) is 9.82. The van der Waals surface area contributed by atoms with Crippen molar-refractivity contribution in [3.05, 3.63) is 11.5 Å². The van der Waals surface area contributed by atoms with Crippen molar-refractivity contribution in [2.45, 2.75) is 13.3 Å². The highest BCUT2D eigenvalue weighted by molar-refractivity contribution is 6.33. The van der Waals surface area contributed by atoms with Crippen molar-refractivity contribution in [1.29, 1.82) is 0 Å². The predicted octanol–water partition coefficient (Wildman–Crippen LogP) is 1.60. The van der Waals surface area contributed by atoms with Crippen LogP contribution in [0.3, 0.4) is 0 Å². The number of amides is 1. The lowest BCUT2D eigenvalue weighted by Gasteiger charge is -2.02. The number of hydrogen-bond donors (Lipinski definition) is 2. The van der Waals surface area contributed by atoms with E-state index < -0.39 is 0 Å². The summed E-state index contributed by atoms with van der Waals surface area (Å²) in [7, 11) is 0. The van der Waals surface area contributed by atoms with E-state index in [1.54, 1.807) is 0 Å². The molecular formula is C10H10ClN5O. The van der Waals surface area contributed by atoms with Gasteiger partial charge < -0.3 is 4.98 Å². The molecule has 6 nitrogen and oxygen atoms in total. The number of halogens is 1. The molecule has 0 spiro atoms. The van der Waals surface area contributed by atoms with Crippen LogP contribution in [-0.2, 0) is 4.79 Å². The van der Waals surface area contributed by atoms with Gasteiger partial charge in [0.2, 0.25) is 11.9 Å². The highest BCUT2D eigenvalue weighted by atomic mass is 35.5. The molecule has 2 N–H and O–H groups in total. The normalized spacial score (nSPS) is 22.7. The molecule has 0 aliphatic heterocycles. The molecule has 1 amide bonds. The van der Waals surface area contributed by atoms with Crippen molar-refractivity contribution in [2.75, 3.05) is 5.32 Å². The van der Waals surface area contributed by atoms with Gasteiger partial charge in [0.15, 0.2) is 10.8 Å². The fraction of sp³-hybridized carbons (Fsp3) is 0.400. The highest BCUT2D eigenvalue weighted by Gasteiger charge is 2.39. The van der Waals surface area contributed by atoms with E-state index >= 15 is 0 Å². The maximum atomic E-state index is 11.7. The van der Waals surface area contributed by atoms with E-state index in [1.165, 1.54) is 6.33 Å². The number of nitrogens with zero attached hydrogens (tertiary/aromatic N) is 3. The Balaban J connectivity index is 1.87. The number of rotatable bonds is 2. The van der Waals surface area contributed by atoms with E-state index in [9.17, 15) is 4.79 Å². The molecule has 88 valence electrons. The van der Waals surface area contributed by atoms with Crippen LogP contribution in [0.1, 0.15) is 13.3 Å². The highest BCUT2D eigenvalue weighted by Crippen LogP contribution is 2.38. The minimum Gasteiger partial charge on any atom is -0.341 e. The SMILES string of the molecule is CC1CC1C(=O)Nc1nc(Cl)c2[nH]cnc2n1. The molecular weight excluding hydrogens is 242 g/mol. The van der Waals surface area contributed by atoms with Crippen LogP contribution in [0.15, 0.2) is 6.33 Å². The van der Waals surface area contributed by atoms with Gasteiger partial charge in [0.05, 0.1) is 6.33 Å². The minimum absolute atomic E-state index is 0.0524. The number of fused-ring (bicyclic) bond motifs is 1. The van der Waals surface area contributed by atoms with Crippen LogP contribution in [0.5, 0.6) is 0 Å². The lowest BCUT2D eigenvalue weighted by atomic mass is 10.3. The molecule has 0 aromatic carbocycles. The van der Waals surface area contributed by atoms with Gasteiger partial charge in [-0.25, -0.2) is 4.98 Å². The average molecular weight is 252 g/mol. The first kappa shape index (κ1) is 10.5. The third-order valence-corrected chi connectivity index (χ3v) is 3.20. The minimum atomic E-state index is -0.0524. The summed E-state index contributed by atoms with van der Waals surface area (Å²) in [6.45, 7) is 2.04. The second kappa shape index (κ2) is 3.66. The number of nitrogens with one attached hydrogen (secondary N) is 2. The number of anilines is 1. The van der Waals surface area contributed by atoms with Crippen molar-refractivity contribution in [3.63, 3.8) is 0 Å². The van der Waals surface area contributed by atoms with Gasteiger partial charge >= 0.3 is 0 Å². The Morgan fingerprint density at radius 1 is 1.59 bits per heavy atom. The zero-order valence-electron chi connectivity index (χ0n) is 9.07. The van der Waals surface area contributed by atoms with Gasteiger partial charge in [-0.1, -0.05) is 18.5 Å². The number of imidazole rings is 1. The Morgan fingerprint density at radius 2 is 2.35 bits per heavy atom. The molecule has 1 aliphatic carbocycles. The molecule has 1 aliphatic rings. The smallest absolute Gasteiger partial charge is 0.233 e. The van der Waals surface area contributed by atoms with Crippen molar-refractivity contribution in [3.8, 4) is 0 Å². The molecule has 2 atom stereocenters. The Morgan fingerprint density at radius 3 is 3.06 bits per heavy atom. The lowest BCUT2D eigenvalue weighted by Crippen LogP contribution is -2.16. The molecule has 1 saturated carbocycles. The second-order valence-electron chi connectivity index (χ2n) is 4.25. The summed E-state index contributed by atoms with van der Waals surface area (Å²) in [5.74, 6) is 0.675. The van der Waals surface area contributed by atoms with Crippen molar-refractivity contribution in [2.24, 2.45) is 11.8 Å². The summed E-state index contributed by atoms with van der Waals surface area (Å²) in [6.07, 6.45) is 2.41. The molecule has 2 heterocycles. The first-order valence-electron chi connectivity index (χ1n) is 5.32. The lowest BCUT2D eigenvalue weighted by molar-refractivity contribution is -0.117. The summed E-state index contributed by atoms with van der Waals surface area (Å²) in [4.78, 5) is 26.6. The second-order valence-corrected chi connectivity index (χ2v) is 4.61. The first-order chi connectivity index (χ1) is 8.15. The number of H-pyrrole nitrogens is 1. The van der Waals surface area contributed by atoms with Crippen LogP contribution in [0.4, 0.5) is 5.95 Å². The zero-order chi connectivity index (χ0) is 12.0. The van der Waals surface area contributed by atoms with Crippen LogP contribution < -0.4 is 5.32 Å². The third-order valence-electron chi connectivity index (χ3n) is 2.92. The third kappa shape index (κ3) is 1.84. The molecule has 0 bridgehead atoms. The van der Waals surface area contributed by atoms with Crippen molar-refractivity contribution >= 4 is 34.6 Å². The average Bonchev–Trinajstić information content (AvgIpc) is 2.82. The maximum absolute atomic E-state index is 11.7.